The number of carbonyl (C=O) groups is 2. The minimum atomic E-state index is -0.624. The number of hydrogen-bond donors (Lipinski definition) is 1. The van der Waals surface area contributed by atoms with Gasteiger partial charge in [0.15, 0.2) is 0 Å². The molecule has 0 bridgehead atoms. The van der Waals surface area contributed by atoms with Crippen LogP contribution in [0.15, 0.2) is 103 Å². The Labute approximate surface area is 250 Å². The average Bonchev–Trinajstić information content (AvgIpc) is 3.66. The summed E-state index contributed by atoms with van der Waals surface area (Å²) < 4.78 is 5.28. The lowest BCUT2D eigenvalue weighted by Crippen LogP contribution is -2.48. The van der Waals surface area contributed by atoms with Gasteiger partial charge in [0.2, 0.25) is 0 Å². The summed E-state index contributed by atoms with van der Waals surface area (Å²) in [4.78, 5) is 32.8. The maximum atomic E-state index is 13.4. The lowest BCUT2D eigenvalue weighted by atomic mass is 9.84. The zero-order valence-corrected chi connectivity index (χ0v) is 25.2. The number of hydrogen-bond acceptors (Lipinski definition) is 6. The van der Waals surface area contributed by atoms with Gasteiger partial charge in [-0.3, -0.25) is 9.78 Å². The highest BCUT2D eigenvalue weighted by atomic mass is 32.2. The molecule has 3 aromatic carbocycles. The van der Waals surface area contributed by atoms with E-state index < -0.39 is 10.3 Å². The Morgan fingerprint density at radius 2 is 1.46 bits per heavy atom. The van der Waals surface area contributed by atoms with E-state index in [0.717, 1.165) is 23.1 Å². The predicted octanol–water partition coefficient (Wildman–Crippen LogP) is 6.98. The number of likely N-dealkylation sites (tertiary alicyclic amines) is 1. The number of amides is 2. The van der Waals surface area contributed by atoms with Crippen molar-refractivity contribution in [3.05, 3.63) is 124 Å². The molecule has 1 aromatic heterocycles. The smallest absolute Gasteiger partial charge is 0.410 e. The lowest BCUT2D eigenvalue weighted by molar-refractivity contribution is 0.0226. The van der Waals surface area contributed by atoms with Gasteiger partial charge in [0.25, 0.3) is 5.91 Å². The quantitative estimate of drug-likeness (QED) is 0.226. The number of aromatic nitrogens is 1. The lowest BCUT2D eigenvalue weighted by Gasteiger charge is -2.39. The molecule has 0 radical (unpaired) electrons. The van der Waals surface area contributed by atoms with Crippen LogP contribution in [0.1, 0.15) is 53.6 Å². The molecule has 2 amide bonds. The van der Waals surface area contributed by atoms with E-state index in [1.165, 1.54) is 11.3 Å². The molecule has 5 rings (SSSR count). The van der Waals surface area contributed by atoms with Gasteiger partial charge in [0.1, 0.15) is 10.5 Å². The van der Waals surface area contributed by atoms with Crippen LogP contribution in [-0.2, 0) is 9.48 Å². The van der Waals surface area contributed by atoms with Crippen LogP contribution in [0, 0.1) is 0 Å². The van der Waals surface area contributed by atoms with E-state index in [9.17, 15) is 9.59 Å². The van der Waals surface area contributed by atoms with E-state index in [0.29, 0.717) is 18.0 Å². The van der Waals surface area contributed by atoms with E-state index in [-0.39, 0.29) is 23.3 Å². The molecule has 1 fully saturated rings. The van der Waals surface area contributed by atoms with Gasteiger partial charge in [-0.1, -0.05) is 91.0 Å². The number of nitrogens with one attached hydrogen (secondary N) is 1. The summed E-state index contributed by atoms with van der Waals surface area (Å²) in [6, 6.07) is 31.3. The monoisotopic (exact) mass is 585 g/mol. The van der Waals surface area contributed by atoms with Crippen LogP contribution in [0.5, 0.6) is 0 Å². The van der Waals surface area contributed by atoms with Crippen LogP contribution in [0.2, 0.25) is 0 Å². The Morgan fingerprint density at radius 1 is 0.927 bits per heavy atom. The first-order chi connectivity index (χ1) is 19.8. The third-order valence-corrected chi connectivity index (χ3v) is 9.79. The highest BCUT2D eigenvalue weighted by Crippen LogP contribution is 2.52. The van der Waals surface area contributed by atoms with Crippen molar-refractivity contribution in [1.82, 2.24) is 15.2 Å². The van der Waals surface area contributed by atoms with Gasteiger partial charge in [-0.05, 0) is 43.9 Å². The maximum absolute atomic E-state index is 13.4. The first kappa shape index (κ1) is 28.9. The molecule has 6 nitrogen and oxygen atoms in total. The first-order valence-electron chi connectivity index (χ1n) is 13.8. The van der Waals surface area contributed by atoms with Gasteiger partial charge >= 0.3 is 6.09 Å². The SMILES string of the molecule is CC(C)(C)OC(=O)N1CC[C@@H](SC(c2ccccc2)(c2ccccc2)c2ccccc2)[C@H]1CNC(=O)c1cncs1. The van der Waals surface area contributed by atoms with Crippen molar-refractivity contribution < 1.29 is 14.3 Å². The summed E-state index contributed by atoms with van der Waals surface area (Å²) in [7, 11) is 0. The molecule has 2 heterocycles. The first-order valence-corrected chi connectivity index (χ1v) is 15.5. The van der Waals surface area contributed by atoms with Gasteiger partial charge in [-0.15, -0.1) is 23.1 Å². The summed E-state index contributed by atoms with van der Waals surface area (Å²) in [5, 5.41) is 3.08. The standard InChI is InChI=1S/C33H35N3O3S2/c1-32(2,3)39-31(38)36-20-19-28(27(36)21-35-30(37)29-22-34-23-40-29)41-33(24-13-7-4-8-14-24,25-15-9-5-10-16-25)26-17-11-6-12-18-26/h4-18,22-23,27-28H,19-21H2,1-3H3,(H,35,37)/t27-,28-/m1/s1. The van der Waals surface area contributed by atoms with Gasteiger partial charge < -0.3 is 15.0 Å². The molecule has 1 N–H and O–H groups in total. The largest absolute Gasteiger partial charge is 0.444 e. The molecule has 0 spiro atoms. The van der Waals surface area contributed by atoms with Crippen molar-refractivity contribution in [3.8, 4) is 0 Å². The van der Waals surface area contributed by atoms with Gasteiger partial charge in [-0.25, -0.2) is 4.79 Å². The Hall–Kier alpha value is -3.62. The van der Waals surface area contributed by atoms with Crippen LogP contribution in [0.3, 0.4) is 0 Å². The van der Waals surface area contributed by atoms with Crippen molar-refractivity contribution >= 4 is 35.1 Å². The normalized spacial score (nSPS) is 17.3. The second-order valence-corrected chi connectivity index (χ2v) is 13.4. The highest BCUT2D eigenvalue weighted by molar-refractivity contribution is 8.01. The molecule has 8 heteroatoms. The molecule has 212 valence electrons. The second kappa shape index (κ2) is 12.5. The molecule has 1 aliphatic heterocycles. The number of thiazole rings is 1. The molecule has 1 aliphatic rings. The van der Waals surface area contributed by atoms with Gasteiger partial charge in [0, 0.05) is 18.3 Å². The Balaban J connectivity index is 1.56. The van der Waals surface area contributed by atoms with E-state index in [1.54, 1.807) is 16.6 Å². The molecular weight excluding hydrogens is 551 g/mol. The number of benzene rings is 3. The summed E-state index contributed by atoms with van der Waals surface area (Å²) in [6.45, 7) is 6.47. The fraction of sp³-hybridized carbons (Fsp3) is 0.303. The van der Waals surface area contributed by atoms with E-state index in [1.807, 2.05) is 50.7 Å². The Morgan fingerprint density at radius 3 is 1.93 bits per heavy atom. The summed E-state index contributed by atoms with van der Waals surface area (Å²) in [5.74, 6) is -0.187. The fourth-order valence-electron chi connectivity index (χ4n) is 5.31. The molecule has 1 saturated heterocycles. The third kappa shape index (κ3) is 6.49. The number of rotatable bonds is 8. The van der Waals surface area contributed by atoms with Crippen molar-refractivity contribution in [1.29, 1.82) is 0 Å². The van der Waals surface area contributed by atoms with Gasteiger partial charge in [0.05, 0.1) is 22.5 Å². The summed E-state index contributed by atoms with van der Waals surface area (Å²) in [6.07, 6.45) is 1.97. The third-order valence-electron chi connectivity index (χ3n) is 7.11. The molecule has 41 heavy (non-hydrogen) atoms. The van der Waals surface area contributed by atoms with E-state index in [4.69, 9.17) is 4.74 Å². The maximum Gasteiger partial charge on any atom is 0.410 e. The second-order valence-electron chi connectivity index (χ2n) is 11.0. The zero-order valence-electron chi connectivity index (χ0n) is 23.5. The van der Waals surface area contributed by atoms with Crippen molar-refractivity contribution in [2.24, 2.45) is 0 Å². The Bertz CT molecular complexity index is 1330. The average molecular weight is 586 g/mol. The van der Waals surface area contributed by atoms with Gasteiger partial charge in [-0.2, -0.15) is 0 Å². The number of carbonyl (C=O) groups excluding carboxylic acids is 2. The minimum Gasteiger partial charge on any atom is -0.444 e. The predicted molar refractivity (Wildman–Crippen MR) is 166 cm³/mol. The highest BCUT2D eigenvalue weighted by Gasteiger charge is 2.46. The molecule has 0 saturated carbocycles. The van der Waals surface area contributed by atoms with Crippen LogP contribution >= 0.6 is 23.1 Å². The molecule has 0 unspecified atom stereocenters. The van der Waals surface area contributed by atoms with Crippen LogP contribution in [0.4, 0.5) is 4.79 Å². The summed E-state index contributed by atoms with van der Waals surface area (Å²) in [5.41, 5.74) is 4.49. The zero-order chi connectivity index (χ0) is 28.9. The molecule has 0 aliphatic carbocycles. The number of nitrogens with zero attached hydrogens (tertiary/aromatic N) is 2. The molecular formula is C33H35N3O3S2. The van der Waals surface area contributed by atoms with Crippen LogP contribution in [-0.4, -0.2) is 51.9 Å². The molecule has 4 aromatic rings. The molecule has 2 atom stereocenters. The van der Waals surface area contributed by atoms with Crippen molar-refractivity contribution in [2.75, 3.05) is 13.1 Å². The van der Waals surface area contributed by atoms with E-state index >= 15 is 0 Å². The minimum absolute atomic E-state index is 0.00453. The van der Waals surface area contributed by atoms with Crippen LogP contribution < -0.4 is 5.32 Å². The summed E-state index contributed by atoms with van der Waals surface area (Å²) >= 11 is 3.14. The van der Waals surface area contributed by atoms with Crippen molar-refractivity contribution in [3.63, 3.8) is 0 Å². The van der Waals surface area contributed by atoms with Crippen molar-refractivity contribution in [2.45, 2.75) is 48.8 Å². The Kier molecular flexibility index (Phi) is 8.80. The topological polar surface area (TPSA) is 71.5 Å². The number of thioether (sulfide) groups is 1. The fourth-order valence-corrected chi connectivity index (χ4v) is 7.74. The van der Waals surface area contributed by atoms with E-state index in [2.05, 4.69) is 83.1 Å². The van der Waals surface area contributed by atoms with Crippen LogP contribution in [0.25, 0.3) is 0 Å². The number of ether oxygens (including phenoxy) is 1.